The molecule has 0 bridgehead atoms. The van der Waals surface area contributed by atoms with Gasteiger partial charge in [0.1, 0.15) is 6.61 Å². The van der Waals surface area contributed by atoms with Crippen molar-refractivity contribution in [1.29, 1.82) is 0 Å². The van der Waals surface area contributed by atoms with Gasteiger partial charge in [0.2, 0.25) is 0 Å². The number of rotatable bonds is 9. The Morgan fingerprint density at radius 3 is 2.62 bits per heavy atom. The lowest BCUT2D eigenvalue weighted by molar-refractivity contribution is -0.174. The molecule has 0 fully saturated rings. The number of hydrogen-bond donors (Lipinski definition) is 1. The van der Waals surface area contributed by atoms with Gasteiger partial charge < -0.3 is 10.1 Å². The molecule has 1 N–H and O–H groups in total. The van der Waals surface area contributed by atoms with Gasteiger partial charge in [-0.2, -0.15) is 13.2 Å². The Bertz CT molecular complexity index is 412. The third-order valence-electron chi connectivity index (χ3n) is 3.04. The van der Waals surface area contributed by atoms with Crippen molar-refractivity contribution >= 4 is 15.9 Å². The van der Waals surface area contributed by atoms with E-state index >= 15 is 0 Å². The second-order valence-electron chi connectivity index (χ2n) is 4.88. The van der Waals surface area contributed by atoms with Crippen LogP contribution in [0.25, 0.3) is 0 Å². The molecule has 0 aliphatic rings. The first-order chi connectivity index (χ1) is 9.94. The third kappa shape index (κ3) is 7.83. The molecule has 1 atom stereocenters. The van der Waals surface area contributed by atoms with Gasteiger partial charge in [0.25, 0.3) is 0 Å². The maximum Gasteiger partial charge on any atom is 0.411 e. The summed E-state index contributed by atoms with van der Waals surface area (Å²) in [5.41, 5.74) is 1.09. The minimum absolute atomic E-state index is 0.0965. The summed E-state index contributed by atoms with van der Waals surface area (Å²) in [6, 6.07) is 7.79. The number of alkyl halides is 3. The summed E-state index contributed by atoms with van der Waals surface area (Å²) in [6.07, 6.45) is -2.69. The molecule has 0 amide bonds. The second-order valence-corrected chi connectivity index (χ2v) is 5.73. The van der Waals surface area contributed by atoms with Gasteiger partial charge in [0, 0.05) is 17.6 Å². The molecule has 1 aromatic carbocycles. The highest BCUT2D eigenvalue weighted by Crippen LogP contribution is 2.27. The van der Waals surface area contributed by atoms with Crippen molar-refractivity contribution < 1.29 is 17.9 Å². The lowest BCUT2D eigenvalue weighted by Gasteiger charge is -2.20. The van der Waals surface area contributed by atoms with Gasteiger partial charge in [-0.15, -0.1) is 0 Å². The van der Waals surface area contributed by atoms with Crippen LogP contribution in [0.4, 0.5) is 13.2 Å². The van der Waals surface area contributed by atoms with Gasteiger partial charge in [-0.05, 0) is 36.9 Å². The fraction of sp³-hybridized carbons (Fsp3) is 0.600. The van der Waals surface area contributed by atoms with E-state index in [0.29, 0.717) is 6.42 Å². The molecule has 120 valence electrons. The predicted molar refractivity (Wildman–Crippen MR) is 81.5 cm³/mol. The van der Waals surface area contributed by atoms with E-state index in [4.69, 9.17) is 4.74 Å². The van der Waals surface area contributed by atoms with Gasteiger partial charge >= 0.3 is 6.18 Å². The average Bonchev–Trinajstić information content (AvgIpc) is 2.41. The SMILES string of the molecule is CCCNCC(CCOCC(F)(F)F)c1ccccc1Br. The standard InChI is InChI=1S/C15H21BrF3NO/c1-2-8-20-10-12(7-9-21-11-15(17,18)19)13-5-3-4-6-14(13)16/h3-6,12,20H,2,7-11H2,1H3. The predicted octanol–water partition coefficient (Wildman–Crippen LogP) is 4.50. The number of benzene rings is 1. The molecule has 2 nitrogen and oxygen atoms in total. The monoisotopic (exact) mass is 367 g/mol. The van der Waals surface area contributed by atoms with E-state index in [2.05, 4.69) is 28.2 Å². The van der Waals surface area contributed by atoms with E-state index in [1.54, 1.807) is 0 Å². The zero-order valence-electron chi connectivity index (χ0n) is 12.0. The van der Waals surface area contributed by atoms with Crippen LogP contribution in [0.1, 0.15) is 31.2 Å². The molecule has 0 saturated heterocycles. The fourth-order valence-electron chi connectivity index (χ4n) is 2.04. The van der Waals surface area contributed by atoms with Crippen LogP contribution in [0, 0.1) is 0 Å². The first-order valence-corrected chi connectivity index (χ1v) is 7.83. The fourth-order valence-corrected chi connectivity index (χ4v) is 2.65. The van der Waals surface area contributed by atoms with Gasteiger partial charge in [0.05, 0.1) is 0 Å². The molecule has 6 heteroatoms. The Morgan fingerprint density at radius 1 is 1.29 bits per heavy atom. The van der Waals surface area contributed by atoms with Gasteiger partial charge in [0.15, 0.2) is 0 Å². The Hall–Kier alpha value is -0.590. The van der Waals surface area contributed by atoms with Crippen molar-refractivity contribution in [3.05, 3.63) is 34.3 Å². The molecule has 0 aliphatic heterocycles. The molecular formula is C15H21BrF3NO. The number of halogens is 4. The average molecular weight is 368 g/mol. The van der Waals surface area contributed by atoms with Crippen molar-refractivity contribution in [3.8, 4) is 0 Å². The summed E-state index contributed by atoms with van der Waals surface area (Å²) in [5, 5.41) is 3.32. The first-order valence-electron chi connectivity index (χ1n) is 7.03. The highest BCUT2D eigenvalue weighted by Gasteiger charge is 2.27. The lowest BCUT2D eigenvalue weighted by Crippen LogP contribution is -2.24. The molecular weight excluding hydrogens is 347 g/mol. The smallest absolute Gasteiger partial charge is 0.372 e. The van der Waals surface area contributed by atoms with Crippen LogP contribution in [0.2, 0.25) is 0 Å². The molecule has 1 aromatic rings. The highest BCUT2D eigenvalue weighted by molar-refractivity contribution is 9.10. The minimum Gasteiger partial charge on any atom is -0.372 e. The summed E-state index contributed by atoms with van der Waals surface area (Å²) in [6.45, 7) is 2.61. The van der Waals surface area contributed by atoms with Gasteiger partial charge in [-0.1, -0.05) is 41.1 Å². The number of hydrogen-bond acceptors (Lipinski definition) is 2. The van der Waals surface area contributed by atoms with Crippen LogP contribution in [0.3, 0.4) is 0 Å². The molecule has 1 rings (SSSR count). The largest absolute Gasteiger partial charge is 0.411 e. The number of nitrogens with one attached hydrogen (secondary N) is 1. The van der Waals surface area contributed by atoms with Crippen LogP contribution >= 0.6 is 15.9 Å². The van der Waals surface area contributed by atoms with E-state index < -0.39 is 12.8 Å². The molecule has 0 saturated carbocycles. The molecule has 21 heavy (non-hydrogen) atoms. The van der Waals surface area contributed by atoms with Crippen LogP contribution in [0.5, 0.6) is 0 Å². The summed E-state index contributed by atoms with van der Waals surface area (Å²) in [7, 11) is 0. The Balaban J connectivity index is 2.55. The van der Waals surface area contributed by atoms with E-state index in [1.165, 1.54) is 0 Å². The van der Waals surface area contributed by atoms with Crippen molar-refractivity contribution in [2.45, 2.75) is 31.9 Å². The highest BCUT2D eigenvalue weighted by atomic mass is 79.9. The van der Waals surface area contributed by atoms with E-state index in [0.717, 1.165) is 29.5 Å². The zero-order chi connectivity index (χ0) is 15.7. The second kappa shape index (κ2) is 9.43. The van der Waals surface area contributed by atoms with Gasteiger partial charge in [-0.3, -0.25) is 0 Å². The van der Waals surface area contributed by atoms with Crippen molar-refractivity contribution in [2.75, 3.05) is 26.3 Å². The van der Waals surface area contributed by atoms with E-state index in [-0.39, 0.29) is 12.5 Å². The Morgan fingerprint density at radius 2 is 2.00 bits per heavy atom. The summed E-state index contributed by atoms with van der Waals surface area (Å²) >= 11 is 3.50. The molecule has 0 spiro atoms. The topological polar surface area (TPSA) is 21.3 Å². The van der Waals surface area contributed by atoms with Crippen molar-refractivity contribution in [1.82, 2.24) is 5.32 Å². The maximum absolute atomic E-state index is 12.1. The molecule has 1 unspecified atom stereocenters. The zero-order valence-corrected chi connectivity index (χ0v) is 13.6. The summed E-state index contributed by atoms with van der Waals surface area (Å²) in [5.74, 6) is 0.125. The van der Waals surface area contributed by atoms with Crippen LogP contribution in [0.15, 0.2) is 28.7 Å². The van der Waals surface area contributed by atoms with E-state index in [9.17, 15) is 13.2 Å². The summed E-state index contributed by atoms with van der Waals surface area (Å²) < 4.78 is 41.9. The quantitative estimate of drug-likeness (QED) is 0.648. The maximum atomic E-state index is 12.1. The van der Waals surface area contributed by atoms with Crippen LogP contribution in [-0.2, 0) is 4.74 Å². The molecule has 0 heterocycles. The Labute approximate surface area is 132 Å². The molecule has 0 radical (unpaired) electrons. The molecule has 0 aromatic heterocycles. The summed E-state index contributed by atoms with van der Waals surface area (Å²) in [4.78, 5) is 0. The van der Waals surface area contributed by atoms with Gasteiger partial charge in [-0.25, -0.2) is 0 Å². The first kappa shape index (κ1) is 18.5. The Kier molecular flexibility index (Phi) is 8.29. The minimum atomic E-state index is -4.26. The van der Waals surface area contributed by atoms with Crippen LogP contribution < -0.4 is 5.32 Å². The third-order valence-corrected chi connectivity index (χ3v) is 3.76. The van der Waals surface area contributed by atoms with E-state index in [1.807, 2.05) is 24.3 Å². The normalized spacial score (nSPS) is 13.4. The van der Waals surface area contributed by atoms with Crippen molar-refractivity contribution in [2.24, 2.45) is 0 Å². The number of ether oxygens (including phenoxy) is 1. The molecule has 0 aliphatic carbocycles. The van der Waals surface area contributed by atoms with Crippen LogP contribution in [-0.4, -0.2) is 32.5 Å². The lowest BCUT2D eigenvalue weighted by atomic mass is 9.96. The van der Waals surface area contributed by atoms with Crippen molar-refractivity contribution in [3.63, 3.8) is 0 Å².